The maximum atomic E-state index is 12.8. The number of halogens is 2. The molecule has 1 N–H and O–H groups in total. The van der Waals surface area contributed by atoms with Gasteiger partial charge in [0.15, 0.2) is 6.61 Å². The van der Waals surface area contributed by atoms with Crippen LogP contribution in [0.25, 0.3) is 0 Å². The maximum Gasteiger partial charge on any atom is 0.312 e. The number of Topliss-reactive ketones (excluding diaryl/α,β-unsaturated/α-hetero) is 1. The van der Waals surface area contributed by atoms with Crippen LogP contribution in [0, 0.1) is 17.3 Å². The molecule has 0 amide bonds. The predicted octanol–water partition coefficient (Wildman–Crippen LogP) is 4.05. The number of hydrogen-bond donors (Lipinski definition) is 1. The predicted molar refractivity (Wildman–Crippen MR) is 93.8 cm³/mol. The summed E-state index contributed by atoms with van der Waals surface area (Å²) in [5, 5.41) is 11.4. The Kier molecular flexibility index (Phi) is 4.13. The van der Waals surface area contributed by atoms with Gasteiger partial charge in [-0.1, -0.05) is 23.2 Å². The quantitative estimate of drug-likeness (QED) is 0.629. The number of esters is 1. The number of ketones is 1. The van der Waals surface area contributed by atoms with Crippen LogP contribution >= 0.6 is 23.2 Å². The summed E-state index contributed by atoms with van der Waals surface area (Å²) in [7, 11) is 0. The molecule has 4 fully saturated rings. The molecule has 4 nitrogen and oxygen atoms in total. The van der Waals surface area contributed by atoms with Gasteiger partial charge < -0.3 is 9.84 Å². The van der Waals surface area contributed by atoms with Gasteiger partial charge in [0.1, 0.15) is 0 Å². The van der Waals surface area contributed by atoms with E-state index in [0.717, 1.165) is 32.1 Å². The van der Waals surface area contributed by atoms with Gasteiger partial charge in [-0.15, -0.1) is 0 Å². The molecular weight excluding hydrogens is 363 g/mol. The van der Waals surface area contributed by atoms with Crippen LogP contribution in [0.15, 0.2) is 18.2 Å². The van der Waals surface area contributed by atoms with E-state index < -0.39 is 11.0 Å². The average molecular weight is 383 g/mol. The largest absolute Gasteiger partial charge is 0.457 e. The molecule has 2 unspecified atom stereocenters. The van der Waals surface area contributed by atoms with E-state index in [2.05, 4.69) is 0 Å². The van der Waals surface area contributed by atoms with Crippen molar-refractivity contribution >= 4 is 35.0 Å². The minimum atomic E-state index is -0.730. The Hall–Kier alpha value is -1.10. The molecule has 1 aromatic rings. The highest BCUT2D eigenvalue weighted by molar-refractivity contribution is 6.36. The van der Waals surface area contributed by atoms with E-state index in [4.69, 9.17) is 27.9 Å². The fourth-order valence-electron chi connectivity index (χ4n) is 5.53. The highest BCUT2D eigenvalue weighted by Crippen LogP contribution is 2.61. The molecule has 0 aliphatic heterocycles. The molecule has 4 atom stereocenters. The first-order chi connectivity index (χ1) is 11.8. The number of aliphatic hydroxyl groups is 1. The van der Waals surface area contributed by atoms with Crippen molar-refractivity contribution in [2.45, 2.75) is 44.1 Å². The molecule has 0 saturated heterocycles. The van der Waals surface area contributed by atoms with Gasteiger partial charge in [0, 0.05) is 10.6 Å². The smallest absolute Gasteiger partial charge is 0.312 e. The van der Waals surface area contributed by atoms with Crippen LogP contribution in [0.5, 0.6) is 0 Å². The van der Waals surface area contributed by atoms with Crippen molar-refractivity contribution in [2.75, 3.05) is 6.61 Å². The van der Waals surface area contributed by atoms with Crippen molar-refractivity contribution in [2.24, 2.45) is 17.3 Å². The second-order valence-corrected chi connectivity index (χ2v) is 8.93. The first kappa shape index (κ1) is 17.3. The summed E-state index contributed by atoms with van der Waals surface area (Å²) in [5.41, 5.74) is -1.06. The van der Waals surface area contributed by atoms with Gasteiger partial charge in [0.25, 0.3) is 0 Å². The molecule has 4 bridgehead atoms. The Morgan fingerprint density at radius 1 is 1.16 bits per heavy atom. The number of hydrogen-bond acceptors (Lipinski definition) is 4. The van der Waals surface area contributed by atoms with Crippen LogP contribution in [-0.4, -0.2) is 29.1 Å². The van der Waals surface area contributed by atoms with Crippen molar-refractivity contribution < 1.29 is 19.4 Å². The van der Waals surface area contributed by atoms with E-state index in [0.29, 0.717) is 28.8 Å². The molecular formula is C19H20Cl2O4. The Balaban J connectivity index is 1.45. The van der Waals surface area contributed by atoms with Crippen molar-refractivity contribution in [1.29, 1.82) is 0 Å². The van der Waals surface area contributed by atoms with E-state index in [1.807, 2.05) is 0 Å². The first-order valence-electron chi connectivity index (χ1n) is 8.67. The third kappa shape index (κ3) is 3.09. The topological polar surface area (TPSA) is 63.6 Å². The number of ether oxygens (including phenoxy) is 1. The average Bonchev–Trinajstić information content (AvgIpc) is 2.49. The lowest BCUT2D eigenvalue weighted by molar-refractivity contribution is -0.195. The molecule has 0 spiro atoms. The Labute approximate surface area is 156 Å². The Morgan fingerprint density at radius 3 is 2.44 bits per heavy atom. The van der Waals surface area contributed by atoms with Crippen LogP contribution < -0.4 is 0 Å². The molecule has 4 aliphatic carbocycles. The van der Waals surface area contributed by atoms with Gasteiger partial charge in [-0.25, -0.2) is 0 Å². The molecule has 0 radical (unpaired) electrons. The van der Waals surface area contributed by atoms with E-state index in [-0.39, 0.29) is 23.4 Å². The molecule has 25 heavy (non-hydrogen) atoms. The van der Waals surface area contributed by atoms with E-state index >= 15 is 0 Å². The maximum absolute atomic E-state index is 12.8. The summed E-state index contributed by atoms with van der Waals surface area (Å²) in [6, 6.07) is 4.61. The zero-order valence-electron chi connectivity index (χ0n) is 13.8. The summed E-state index contributed by atoms with van der Waals surface area (Å²) < 4.78 is 5.38. The summed E-state index contributed by atoms with van der Waals surface area (Å²) in [6.45, 7) is -0.338. The SMILES string of the molecule is O=C(COC(=O)C12C[C@@H]3C[C@@H](CC(O)(C3)C1)C2)c1ccc(Cl)cc1Cl. The van der Waals surface area contributed by atoms with Gasteiger partial charge in [-0.05, 0) is 68.6 Å². The lowest BCUT2D eigenvalue weighted by atomic mass is 9.48. The third-order valence-electron chi connectivity index (χ3n) is 6.03. The van der Waals surface area contributed by atoms with Gasteiger partial charge in [-0.2, -0.15) is 0 Å². The number of carbonyl (C=O) groups is 2. The molecule has 1 aromatic carbocycles. The van der Waals surface area contributed by atoms with Crippen LogP contribution in [0.1, 0.15) is 48.9 Å². The number of benzene rings is 1. The first-order valence-corrected chi connectivity index (χ1v) is 9.42. The fraction of sp³-hybridized carbons (Fsp3) is 0.579. The number of rotatable bonds is 4. The van der Waals surface area contributed by atoms with Gasteiger partial charge in [-0.3, -0.25) is 9.59 Å². The highest BCUT2D eigenvalue weighted by Gasteiger charge is 2.60. The minimum Gasteiger partial charge on any atom is -0.457 e. The molecule has 4 aliphatic rings. The summed E-state index contributed by atoms with van der Waals surface area (Å²) in [6.07, 6.45) is 4.66. The highest BCUT2D eigenvalue weighted by atomic mass is 35.5. The van der Waals surface area contributed by atoms with E-state index in [1.165, 1.54) is 12.1 Å². The van der Waals surface area contributed by atoms with Crippen LogP contribution in [0.3, 0.4) is 0 Å². The number of carbonyl (C=O) groups excluding carboxylic acids is 2. The van der Waals surface area contributed by atoms with E-state index in [1.54, 1.807) is 6.07 Å². The lowest BCUT2D eigenvalue weighted by Gasteiger charge is -2.58. The Morgan fingerprint density at radius 2 is 1.84 bits per heavy atom. The van der Waals surface area contributed by atoms with Gasteiger partial charge in [0.05, 0.1) is 16.0 Å². The molecule has 5 rings (SSSR count). The second kappa shape index (κ2) is 5.97. The molecule has 4 saturated carbocycles. The Bertz CT molecular complexity index is 731. The van der Waals surface area contributed by atoms with Gasteiger partial charge >= 0.3 is 5.97 Å². The molecule has 0 heterocycles. The minimum absolute atomic E-state index is 0.248. The van der Waals surface area contributed by atoms with Crippen LogP contribution in [0.4, 0.5) is 0 Å². The summed E-state index contributed by atoms with van der Waals surface area (Å²) >= 11 is 11.9. The summed E-state index contributed by atoms with van der Waals surface area (Å²) in [5.74, 6) is 0.0809. The van der Waals surface area contributed by atoms with E-state index in [9.17, 15) is 14.7 Å². The molecule has 6 heteroatoms. The second-order valence-electron chi connectivity index (χ2n) is 8.09. The zero-order valence-corrected chi connectivity index (χ0v) is 15.3. The molecule has 0 aromatic heterocycles. The standard InChI is InChI=1S/C19H20Cl2O4/c20-13-1-2-14(15(21)4-13)16(22)9-25-17(23)18-5-11-3-12(6-18)8-19(24,7-11)10-18/h1-2,4,11-12,24H,3,5-10H2/t11-,12+,18?,19?. The van der Waals surface area contributed by atoms with Crippen molar-refractivity contribution in [1.82, 2.24) is 0 Å². The summed E-state index contributed by atoms with van der Waals surface area (Å²) in [4.78, 5) is 25.1. The van der Waals surface area contributed by atoms with Crippen LogP contribution in [-0.2, 0) is 9.53 Å². The zero-order chi connectivity index (χ0) is 17.8. The lowest BCUT2D eigenvalue weighted by Crippen LogP contribution is -2.58. The molecule has 134 valence electrons. The monoisotopic (exact) mass is 382 g/mol. The van der Waals surface area contributed by atoms with Crippen molar-refractivity contribution in [3.05, 3.63) is 33.8 Å². The fourth-order valence-corrected chi connectivity index (χ4v) is 6.04. The van der Waals surface area contributed by atoms with Crippen LogP contribution in [0.2, 0.25) is 10.0 Å². The third-order valence-corrected chi connectivity index (χ3v) is 6.58. The van der Waals surface area contributed by atoms with Crippen molar-refractivity contribution in [3.63, 3.8) is 0 Å². The normalized spacial score (nSPS) is 35.6. The van der Waals surface area contributed by atoms with Crippen molar-refractivity contribution in [3.8, 4) is 0 Å². The van der Waals surface area contributed by atoms with Gasteiger partial charge in [0.2, 0.25) is 5.78 Å².